The molecule has 1 aromatic carbocycles. The van der Waals surface area contributed by atoms with Gasteiger partial charge in [0.1, 0.15) is 12.4 Å². The molecule has 1 fully saturated rings. The number of benzene rings is 1. The van der Waals surface area contributed by atoms with E-state index in [4.69, 9.17) is 21.1 Å². The van der Waals surface area contributed by atoms with Crippen LogP contribution in [0.3, 0.4) is 0 Å². The number of likely N-dealkylation sites (tertiary alicyclic amines) is 1. The number of ether oxygens (including phenoxy) is 2. The van der Waals surface area contributed by atoms with E-state index in [0.717, 1.165) is 38.2 Å². The van der Waals surface area contributed by atoms with Crippen LogP contribution >= 0.6 is 11.6 Å². The summed E-state index contributed by atoms with van der Waals surface area (Å²) >= 11 is 6.03. The van der Waals surface area contributed by atoms with Crippen molar-refractivity contribution in [1.82, 2.24) is 4.90 Å². The predicted molar refractivity (Wildman–Crippen MR) is 78.1 cm³/mol. The number of para-hydroxylation sites is 1. The molecule has 2 rings (SSSR count). The standard InChI is InChI=1S/C15H20ClNO3/c1-19-15(18)12-6-8-17(9-7-12)10-11-20-14-5-3-2-4-13(14)16/h2-5,12H,6-11H2,1H3. The van der Waals surface area contributed by atoms with Gasteiger partial charge in [0.05, 0.1) is 18.1 Å². The third-order valence-electron chi connectivity index (χ3n) is 3.62. The van der Waals surface area contributed by atoms with Crippen molar-refractivity contribution in [3.8, 4) is 5.75 Å². The molecule has 0 N–H and O–H groups in total. The molecule has 110 valence electrons. The molecule has 0 amide bonds. The van der Waals surface area contributed by atoms with Crippen LogP contribution in [0.5, 0.6) is 5.75 Å². The number of esters is 1. The first-order valence-electron chi connectivity index (χ1n) is 6.88. The lowest BCUT2D eigenvalue weighted by Crippen LogP contribution is -2.38. The summed E-state index contributed by atoms with van der Waals surface area (Å²) in [5, 5.41) is 0.636. The molecule has 0 bridgehead atoms. The molecule has 5 heteroatoms. The summed E-state index contributed by atoms with van der Waals surface area (Å²) in [5.74, 6) is 0.691. The first-order chi connectivity index (χ1) is 9.70. The Kier molecular flexibility index (Phi) is 5.68. The van der Waals surface area contributed by atoms with Crippen molar-refractivity contribution in [3.05, 3.63) is 29.3 Å². The number of piperidine rings is 1. The minimum Gasteiger partial charge on any atom is -0.491 e. The molecule has 1 aliphatic rings. The maximum atomic E-state index is 11.4. The molecular weight excluding hydrogens is 278 g/mol. The molecule has 20 heavy (non-hydrogen) atoms. The smallest absolute Gasteiger partial charge is 0.308 e. The molecule has 1 aromatic rings. The lowest BCUT2D eigenvalue weighted by Gasteiger charge is -2.30. The largest absolute Gasteiger partial charge is 0.491 e. The minimum atomic E-state index is -0.0861. The molecule has 0 spiro atoms. The highest BCUT2D eigenvalue weighted by molar-refractivity contribution is 6.32. The quantitative estimate of drug-likeness (QED) is 0.783. The second kappa shape index (κ2) is 7.50. The highest BCUT2D eigenvalue weighted by atomic mass is 35.5. The number of carbonyl (C=O) groups excluding carboxylic acids is 1. The van der Waals surface area contributed by atoms with Crippen LogP contribution in [-0.2, 0) is 9.53 Å². The zero-order valence-corrected chi connectivity index (χ0v) is 12.4. The summed E-state index contributed by atoms with van der Waals surface area (Å²) < 4.78 is 10.5. The van der Waals surface area contributed by atoms with Gasteiger partial charge in [0, 0.05) is 6.54 Å². The van der Waals surface area contributed by atoms with Gasteiger partial charge in [-0.15, -0.1) is 0 Å². The van der Waals surface area contributed by atoms with Crippen molar-refractivity contribution in [2.45, 2.75) is 12.8 Å². The maximum absolute atomic E-state index is 11.4. The third kappa shape index (κ3) is 4.12. The molecule has 0 unspecified atom stereocenters. The Bertz CT molecular complexity index is 444. The molecular formula is C15H20ClNO3. The van der Waals surface area contributed by atoms with E-state index in [0.29, 0.717) is 11.6 Å². The summed E-state index contributed by atoms with van der Waals surface area (Å²) in [6.45, 7) is 3.27. The summed E-state index contributed by atoms with van der Waals surface area (Å²) in [6, 6.07) is 7.47. The molecule has 1 heterocycles. The van der Waals surface area contributed by atoms with Crippen LogP contribution in [0.4, 0.5) is 0 Å². The van der Waals surface area contributed by atoms with Crippen LogP contribution in [0, 0.1) is 5.92 Å². The first kappa shape index (κ1) is 15.1. The van der Waals surface area contributed by atoms with E-state index in [1.165, 1.54) is 7.11 Å². The number of rotatable bonds is 5. The van der Waals surface area contributed by atoms with Crippen molar-refractivity contribution in [2.24, 2.45) is 5.92 Å². The Balaban J connectivity index is 1.69. The van der Waals surface area contributed by atoms with Gasteiger partial charge in [-0.3, -0.25) is 9.69 Å². The molecule has 1 saturated heterocycles. The predicted octanol–water partition coefficient (Wildman–Crippen LogP) is 2.60. The van der Waals surface area contributed by atoms with E-state index in [1.54, 1.807) is 0 Å². The van der Waals surface area contributed by atoms with Crippen molar-refractivity contribution in [2.75, 3.05) is 33.4 Å². The molecule has 1 aliphatic heterocycles. The number of methoxy groups -OCH3 is 1. The number of hydrogen-bond donors (Lipinski definition) is 0. The van der Waals surface area contributed by atoms with Crippen LogP contribution in [-0.4, -0.2) is 44.2 Å². The number of carbonyl (C=O) groups is 1. The Morgan fingerprint density at radius 2 is 2.05 bits per heavy atom. The summed E-state index contributed by atoms with van der Waals surface area (Å²) in [4.78, 5) is 13.7. The highest BCUT2D eigenvalue weighted by Crippen LogP contribution is 2.23. The lowest BCUT2D eigenvalue weighted by molar-refractivity contribution is -0.147. The van der Waals surface area contributed by atoms with Gasteiger partial charge in [0.15, 0.2) is 0 Å². The Labute approximate surface area is 124 Å². The lowest BCUT2D eigenvalue weighted by atomic mass is 9.97. The Morgan fingerprint density at radius 1 is 1.35 bits per heavy atom. The van der Waals surface area contributed by atoms with E-state index < -0.39 is 0 Å². The van der Waals surface area contributed by atoms with Crippen molar-refractivity contribution >= 4 is 17.6 Å². The van der Waals surface area contributed by atoms with E-state index >= 15 is 0 Å². The van der Waals surface area contributed by atoms with Crippen molar-refractivity contribution in [3.63, 3.8) is 0 Å². The fraction of sp³-hybridized carbons (Fsp3) is 0.533. The van der Waals surface area contributed by atoms with Gasteiger partial charge in [0.25, 0.3) is 0 Å². The molecule has 4 nitrogen and oxygen atoms in total. The van der Waals surface area contributed by atoms with Crippen LogP contribution in [0.1, 0.15) is 12.8 Å². The van der Waals surface area contributed by atoms with Gasteiger partial charge in [-0.05, 0) is 38.1 Å². The second-order valence-corrected chi connectivity index (χ2v) is 5.33. The fourth-order valence-corrected chi connectivity index (χ4v) is 2.60. The molecule has 0 radical (unpaired) electrons. The summed E-state index contributed by atoms with van der Waals surface area (Å²) in [7, 11) is 1.45. The minimum absolute atomic E-state index is 0.0562. The van der Waals surface area contributed by atoms with Gasteiger partial charge >= 0.3 is 5.97 Å². The fourth-order valence-electron chi connectivity index (χ4n) is 2.41. The summed E-state index contributed by atoms with van der Waals surface area (Å²) in [5.41, 5.74) is 0. The normalized spacial score (nSPS) is 16.9. The molecule has 0 aliphatic carbocycles. The van der Waals surface area contributed by atoms with Gasteiger partial charge in [-0.1, -0.05) is 23.7 Å². The SMILES string of the molecule is COC(=O)C1CCN(CCOc2ccccc2Cl)CC1. The Morgan fingerprint density at radius 3 is 2.70 bits per heavy atom. The van der Waals surface area contributed by atoms with Crippen molar-refractivity contribution in [1.29, 1.82) is 0 Å². The number of nitrogens with zero attached hydrogens (tertiary/aromatic N) is 1. The zero-order chi connectivity index (χ0) is 14.4. The highest BCUT2D eigenvalue weighted by Gasteiger charge is 2.25. The topological polar surface area (TPSA) is 38.8 Å². The average molecular weight is 298 g/mol. The van der Waals surface area contributed by atoms with E-state index in [-0.39, 0.29) is 11.9 Å². The third-order valence-corrected chi connectivity index (χ3v) is 3.94. The van der Waals surface area contributed by atoms with Crippen LogP contribution in [0.15, 0.2) is 24.3 Å². The van der Waals surface area contributed by atoms with Gasteiger partial charge in [-0.2, -0.15) is 0 Å². The van der Waals surface area contributed by atoms with Crippen LogP contribution < -0.4 is 4.74 Å². The monoisotopic (exact) mass is 297 g/mol. The van der Waals surface area contributed by atoms with Crippen molar-refractivity contribution < 1.29 is 14.3 Å². The van der Waals surface area contributed by atoms with Gasteiger partial charge < -0.3 is 9.47 Å². The Hall–Kier alpha value is -1.26. The van der Waals surface area contributed by atoms with Gasteiger partial charge in [-0.25, -0.2) is 0 Å². The van der Waals surface area contributed by atoms with E-state index in [2.05, 4.69) is 4.90 Å². The van der Waals surface area contributed by atoms with Gasteiger partial charge in [0.2, 0.25) is 0 Å². The van der Waals surface area contributed by atoms with E-state index in [1.807, 2.05) is 24.3 Å². The molecule has 0 saturated carbocycles. The van der Waals surface area contributed by atoms with Crippen LogP contribution in [0.2, 0.25) is 5.02 Å². The average Bonchev–Trinajstić information content (AvgIpc) is 2.49. The van der Waals surface area contributed by atoms with Crippen LogP contribution in [0.25, 0.3) is 0 Å². The zero-order valence-electron chi connectivity index (χ0n) is 11.7. The first-order valence-corrected chi connectivity index (χ1v) is 7.26. The number of hydrogen-bond acceptors (Lipinski definition) is 4. The van der Waals surface area contributed by atoms with E-state index in [9.17, 15) is 4.79 Å². The molecule has 0 aromatic heterocycles. The number of halogens is 1. The molecule has 0 atom stereocenters. The summed E-state index contributed by atoms with van der Waals surface area (Å²) in [6.07, 6.45) is 1.72. The second-order valence-electron chi connectivity index (χ2n) is 4.92. The maximum Gasteiger partial charge on any atom is 0.308 e.